The first-order chi connectivity index (χ1) is 9.40. The first-order valence-electron chi connectivity index (χ1n) is 5.75. The molecule has 0 amide bonds. The monoisotopic (exact) mass is 361 g/mol. The number of anilines is 1. The summed E-state index contributed by atoms with van der Waals surface area (Å²) in [6, 6.07) is 6.99. The Hall–Kier alpha value is -1.17. The predicted octanol–water partition coefficient (Wildman–Crippen LogP) is 4.24. The summed E-state index contributed by atoms with van der Waals surface area (Å²) in [7, 11) is 0. The Bertz CT molecular complexity index is 651. The molecular formula is C14H11BrClF2NO. The molecule has 0 heterocycles. The van der Waals surface area contributed by atoms with Crippen LogP contribution >= 0.6 is 27.5 Å². The van der Waals surface area contributed by atoms with Crippen LogP contribution in [-0.4, -0.2) is 5.11 Å². The zero-order chi connectivity index (χ0) is 14.9. The lowest BCUT2D eigenvalue weighted by molar-refractivity contribution is 0.176. The van der Waals surface area contributed by atoms with Gasteiger partial charge >= 0.3 is 0 Å². The highest BCUT2D eigenvalue weighted by Crippen LogP contribution is 2.29. The van der Waals surface area contributed by atoms with Gasteiger partial charge in [-0.3, -0.25) is 0 Å². The van der Waals surface area contributed by atoms with E-state index in [9.17, 15) is 13.9 Å². The van der Waals surface area contributed by atoms with E-state index in [0.717, 1.165) is 6.07 Å². The molecule has 0 saturated carbocycles. The van der Waals surface area contributed by atoms with Gasteiger partial charge in [0.15, 0.2) is 0 Å². The van der Waals surface area contributed by atoms with Gasteiger partial charge in [-0.25, -0.2) is 8.78 Å². The molecule has 2 aromatic carbocycles. The van der Waals surface area contributed by atoms with Crippen LogP contribution < -0.4 is 5.73 Å². The molecule has 0 aliphatic rings. The van der Waals surface area contributed by atoms with E-state index >= 15 is 0 Å². The van der Waals surface area contributed by atoms with Crippen molar-refractivity contribution in [3.63, 3.8) is 0 Å². The molecule has 20 heavy (non-hydrogen) atoms. The molecule has 0 saturated heterocycles. The Labute approximate surface area is 128 Å². The number of halogens is 4. The lowest BCUT2D eigenvalue weighted by Gasteiger charge is -2.15. The van der Waals surface area contributed by atoms with Crippen molar-refractivity contribution in [1.29, 1.82) is 0 Å². The molecule has 0 aliphatic heterocycles. The lowest BCUT2D eigenvalue weighted by atomic mass is 9.99. The number of hydrogen-bond acceptors (Lipinski definition) is 2. The second-order valence-electron chi connectivity index (χ2n) is 4.31. The number of nitrogen functional groups attached to an aromatic ring is 1. The van der Waals surface area contributed by atoms with E-state index in [1.165, 1.54) is 18.2 Å². The normalized spacial score (nSPS) is 12.4. The van der Waals surface area contributed by atoms with Crippen LogP contribution in [0, 0.1) is 11.6 Å². The van der Waals surface area contributed by atoms with Crippen LogP contribution in [0.25, 0.3) is 0 Å². The summed E-state index contributed by atoms with van der Waals surface area (Å²) >= 11 is 8.75. The average molecular weight is 363 g/mol. The summed E-state index contributed by atoms with van der Waals surface area (Å²) in [6.07, 6.45) is -1.34. The van der Waals surface area contributed by atoms with Crippen LogP contribution in [0.1, 0.15) is 17.2 Å². The minimum Gasteiger partial charge on any atom is -0.398 e. The van der Waals surface area contributed by atoms with Gasteiger partial charge in [-0.1, -0.05) is 17.7 Å². The summed E-state index contributed by atoms with van der Waals surface area (Å²) in [6.45, 7) is 0. The Morgan fingerprint density at radius 2 is 1.95 bits per heavy atom. The van der Waals surface area contributed by atoms with E-state index in [1.54, 1.807) is 6.07 Å². The van der Waals surface area contributed by atoms with E-state index in [0.29, 0.717) is 10.6 Å². The van der Waals surface area contributed by atoms with Gasteiger partial charge in [0.05, 0.1) is 10.6 Å². The standard InChI is InChI=1S/C14H11BrClF2NO/c15-10-3-4-11(17)9(14(10)18)6-13(20)8-2-1-7(16)5-12(8)19/h1-5,13,20H,6,19H2. The highest BCUT2D eigenvalue weighted by molar-refractivity contribution is 9.10. The summed E-state index contributed by atoms with van der Waals surface area (Å²) in [5, 5.41) is 10.5. The van der Waals surface area contributed by atoms with Crippen LogP contribution in [0.3, 0.4) is 0 Å². The number of aliphatic hydroxyl groups excluding tert-OH is 1. The Morgan fingerprint density at radius 1 is 1.25 bits per heavy atom. The predicted molar refractivity (Wildman–Crippen MR) is 78.6 cm³/mol. The summed E-state index contributed by atoms with van der Waals surface area (Å²) in [5.41, 5.74) is 6.21. The van der Waals surface area contributed by atoms with Crippen molar-refractivity contribution in [2.75, 3.05) is 5.73 Å². The van der Waals surface area contributed by atoms with Gasteiger partial charge in [-0.05, 0) is 40.2 Å². The molecule has 106 valence electrons. The van der Waals surface area contributed by atoms with Gasteiger partial charge in [0.1, 0.15) is 11.6 Å². The number of rotatable bonds is 3. The Balaban J connectivity index is 2.32. The third-order valence-electron chi connectivity index (χ3n) is 2.94. The summed E-state index contributed by atoms with van der Waals surface area (Å²) < 4.78 is 27.6. The van der Waals surface area contributed by atoms with Crippen LogP contribution in [0.5, 0.6) is 0 Å². The number of hydrogen-bond donors (Lipinski definition) is 2. The van der Waals surface area contributed by atoms with Gasteiger partial charge in [0, 0.05) is 28.3 Å². The zero-order valence-electron chi connectivity index (χ0n) is 10.2. The second-order valence-corrected chi connectivity index (χ2v) is 5.61. The number of aliphatic hydroxyl groups is 1. The molecule has 0 spiro atoms. The van der Waals surface area contributed by atoms with Crippen molar-refractivity contribution in [2.24, 2.45) is 0 Å². The molecule has 0 radical (unpaired) electrons. The molecular weight excluding hydrogens is 352 g/mol. The molecule has 1 atom stereocenters. The van der Waals surface area contributed by atoms with E-state index in [2.05, 4.69) is 15.9 Å². The van der Waals surface area contributed by atoms with Gasteiger partial charge in [-0.15, -0.1) is 0 Å². The van der Waals surface area contributed by atoms with E-state index in [4.69, 9.17) is 17.3 Å². The van der Waals surface area contributed by atoms with E-state index in [1.807, 2.05) is 0 Å². The molecule has 3 N–H and O–H groups in total. The van der Waals surface area contributed by atoms with Crippen LogP contribution in [-0.2, 0) is 6.42 Å². The van der Waals surface area contributed by atoms with Crippen molar-refractivity contribution in [2.45, 2.75) is 12.5 Å². The SMILES string of the molecule is Nc1cc(Cl)ccc1C(O)Cc1c(F)ccc(Br)c1F. The van der Waals surface area contributed by atoms with Crippen molar-refractivity contribution >= 4 is 33.2 Å². The second kappa shape index (κ2) is 6.08. The van der Waals surface area contributed by atoms with Gasteiger partial charge in [-0.2, -0.15) is 0 Å². The fourth-order valence-corrected chi connectivity index (χ4v) is 2.46. The lowest BCUT2D eigenvalue weighted by Crippen LogP contribution is -2.08. The van der Waals surface area contributed by atoms with Gasteiger partial charge in [0.25, 0.3) is 0 Å². The van der Waals surface area contributed by atoms with E-state index < -0.39 is 17.7 Å². The largest absolute Gasteiger partial charge is 0.398 e. The molecule has 0 aromatic heterocycles. The quantitative estimate of drug-likeness (QED) is 0.634. The van der Waals surface area contributed by atoms with Crippen molar-refractivity contribution < 1.29 is 13.9 Å². The third kappa shape index (κ3) is 3.11. The summed E-state index contributed by atoms with van der Waals surface area (Å²) in [5.74, 6) is -1.44. The van der Waals surface area contributed by atoms with Gasteiger partial charge < -0.3 is 10.8 Å². The smallest absolute Gasteiger partial charge is 0.143 e. The summed E-state index contributed by atoms with van der Waals surface area (Å²) in [4.78, 5) is 0. The maximum Gasteiger partial charge on any atom is 0.143 e. The molecule has 2 aromatic rings. The first-order valence-corrected chi connectivity index (χ1v) is 6.92. The molecule has 0 aliphatic carbocycles. The topological polar surface area (TPSA) is 46.2 Å². The van der Waals surface area contributed by atoms with Crippen LogP contribution in [0.15, 0.2) is 34.8 Å². The maximum atomic E-state index is 13.9. The van der Waals surface area contributed by atoms with Crippen molar-refractivity contribution in [3.05, 3.63) is 62.6 Å². The number of benzene rings is 2. The minimum atomic E-state index is -1.12. The average Bonchev–Trinajstić information content (AvgIpc) is 2.39. The van der Waals surface area contributed by atoms with Crippen molar-refractivity contribution in [3.8, 4) is 0 Å². The molecule has 6 heteroatoms. The Morgan fingerprint density at radius 3 is 2.60 bits per heavy atom. The van der Waals surface area contributed by atoms with Crippen molar-refractivity contribution in [1.82, 2.24) is 0 Å². The molecule has 2 nitrogen and oxygen atoms in total. The number of nitrogens with two attached hydrogens (primary N) is 1. The fraction of sp³-hybridized carbons (Fsp3) is 0.143. The van der Waals surface area contributed by atoms with Crippen LogP contribution in [0.2, 0.25) is 5.02 Å². The zero-order valence-corrected chi connectivity index (χ0v) is 12.5. The maximum absolute atomic E-state index is 13.9. The molecule has 0 bridgehead atoms. The first kappa shape index (κ1) is 15.2. The third-order valence-corrected chi connectivity index (χ3v) is 3.79. The fourth-order valence-electron chi connectivity index (χ4n) is 1.91. The molecule has 0 fully saturated rings. The Kier molecular flexibility index (Phi) is 4.62. The highest BCUT2D eigenvalue weighted by Gasteiger charge is 2.19. The van der Waals surface area contributed by atoms with Crippen LogP contribution in [0.4, 0.5) is 14.5 Å². The minimum absolute atomic E-state index is 0.144. The van der Waals surface area contributed by atoms with Gasteiger partial charge in [0.2, 0.25) is 0 Å². The molecule has 2 rings (SSSR count). The molecule has 1 unspecified atom stereocenters. The highest BCUT2D eigenvalue weighted by atomic mass is 79.9. The van der Waals surface area contributed by atoms with E-state index in [-0.39, 0.29) is 22.1 Å².